The van der Waals surface area contributed by atoms with Crippen molar-refractivity contribution in [1.82, 2.24) is 9.38 Å². The topological polar surface area (TPSA) is 55.6 Å². The minimum atomic E-state index is -0.552. The van der Waals surface area contributed by atoms with Gasteiger partial charge < -0.3 is 4.74 Å². The minimum Gasteiger partial charge on any atom is -0.410 e. The number of imidazole rings is 1. The molecule has 100 valence electrons. The van der Waals surface area contributed by atoms with Gasteiger partial charge in [0, 0.05) is 12.4 Å². The van der Waals surface area contributed by atoms with E-state index in [1.807, 2.05) is 16.5 Å². The maximum absolute atomic E-state index is 11.9. The summed E-state index contributed by atoms with van der Waals surface area (Å²) in [6.45, 7) is 0. The first-order valence-corrected chi connectivity index (χ1v) is 6.69. The van der Waals surface area contributed by atoms with Crippen molar-refractivity contribution in [2.24, 2.45) is 0 Å². The summed E-state index contributed by atoms with van der Waals surface area (Å²) in [5.74, 6) is 0.487. The van der Waals surface area contributed by atoms with E-state index in [0.717, 1.165) is 4.60 Å². The number of aromatic nitrogens is 2. The van der Waals surface area contributed by atoms with Gasteiger partial charge in [-0.1, -0.05) is 18.2 Å². The number of hydrogen-bond donors (Lipinski definition) is 1. The molecule has 0 saturated carbocycles. The van der Waals surface area contributed by atoms with Crippen molar-refractivity contribution in [3.63, 3.8) is 0 Å². The lowest BCUT2D eigenvalue weighted by atomic mass is 10.3. The second kappa shape index (κ2) is 5.34. The first-order chi connectivity index (χ1) is 9.74. The molecule has 0 bridgehead atoms. The van der Waals surface area contributed by atoms with E-state index in [2.05, 4.69) is 26.2 Å². The third-order valence-electron chi connectivity index (χ3n) is 2.69. The number of rotatable bonds is 2. The number of halogens is 1. The van der Waals surface area contributed by atoms with Crippen LogP contribution in [0.5, 0.6) is 5.75 Å². The summed E-state index contributed by atoms with van der Waals surface area (Å²) in [5, 5.41) is 2.68. The molecule has 5 nitrogen and oxygen atoms in total. The predicted molar refractivity (Wildman–Crippen MR) is 79.0 cm³/mol. The van der Waals surface area contributed by atoms with Crippen LogP contribution in [-0.2, 0) is 0 Å². The molecule has 3 aromatic rings. The van der Waals surface area contributed by atoms with Crippen LogP contribution in [0.2, 0.25) is 0 Å². The predicted octanol–water partition coefficient (Wildman–Crippen LogP) is 3.71. The van der Waals surface area contributed by atoms with Gasteiger partial charge in [-0.2, -0.15) is 0 Å². The normalized spacial score (nSPS) is 10.4. The first kappa shape index (κ1) is 12.7. The number of ether oxygens (including phenoxy) is 1. The highest BCUT2D eigenvalue weighted by atomic mass is 79.9. The molecule has 0 spiro atoms. The maximum atomic E-state index is 11.9. The quantitative estimate of drug-likeness (QED) is 0.728. The second-order valence-electron chi connectivity index (χ2n) is 4.02. The molecule has 1 N–H and O–H groups in total. The Morgan fingerprint density at radius 1 is 1.20 bits per heavy atom. The molecule has 0 saturated heterocycles. The zero-order valence-corrected chi connectivity index (χ0v) is 11.9. The van der Waals surface area contributed by atoms with Crippen LogP contribution in [0.3, 0.4) is 0 Å². The van der Waals surface area contributed by atoms with Crippen molar-refractivity contribution in [1.29, 1.82) is 0 Å². The van der Waals surface area contributed by atoms with Crippen LogP contribution >= 0.6 is 15.9 Å². The molecule has 3 rings (SSSR count). The molecule has 0 aliphatic carbocycles. The molecule has 0 aliphatic rings. The summed E-state index contributed by atoms with van der Waals surface area (Å²) < 4.78 is 7.85. The van der Waals surface area contributed by atoms with Crippen molar-refractivity contribution in [3.8, 4) is 5.75 Å². The van der Waals surface area contributed by atoms with Crippen LogP contribution < -0.4 is 10.1 Å². The Kier molecular flexibility index (Phi) is 3.39. The highest BCUT2D eigenvalue weighted by Gasteiger charge is 2.10. The van der Waals surface area contributed by atoms with Crippen LogP contribution in [0, 0.1) is 0 Å². The standard InChI is InChI=1S/C14H10BrN3O2/c15-12-7-6-11(13-16-8-9-18(12)13)17-14(19)20-10-4-2-1-3-5-10/h1-9H,(H,17,19). The molecule has 6 heteroatoms. The van der Waals surface area contributed by atoms with Crippen LogP contribution in [0.1, 0.15) is 0 Å². The van der Waals surface area contributed by atoms with Gasteiger partial charge in [0.1, 0.15) is 5.75 Å². The molecule has 0 radical (unpaired) electrons. The van der Waals surface area contributed by atoms with E-state index in [1.165, 1.54) is 0 Å². The van der Waals surface area contributed by atoms with Crippen molar-refractivity contribution in [3.05, 3.63) is 59.5 Å². The third kappa shape index (κ3) is 2.50. The number of para-hydroxylation sites is 1. The van der Waals surface area contributed by atoms with E-state index in [9.17, 15) is 4.79 Å². The van der Waals surface area contributed by atoms with Gasteiger partial charge in [-0.15, -0.1) is 0 Å². The van der Waals surface area contributed by atoms with Gasteiger partial charge >= 0.3 is 6.09 Å². The van der Waals surface area contributed by atoms with E-state index >= 15 is 0 Å². The summed E-state index contributed by atoms with van der Waals surface area (Å²) >= 11 is 3.41. The molecule has 0 atom stereocenters. The fourth-order valence-corrected chi connectivity index (χ4v) is 2.23. The number of nitrogens with one attached hydrogen (secondary N) is 1. The number of pyridine rings is 1. The first-order valence-electron chi connectivity index (χ1n) is 5.89. The molecular formula is C14H10BrN3O2. The average molecular weight is 332 g/mol. The third-order valence-corrected chi connectivity index (χ3v) is 3.34. The lowest BCUT2D eigenvalue weighted by Crippen LogP contribution is -2.17. The number of carbonyl (C=O) groups excluding carboxylic acids is 1. The van der Waals surface area contributed by atoms with Gasteiger partial charge in [-0.3, -0.25) is 9.72 Å². The van der Waals surface area contributed by atoms with Crippen molar-refractivity contribution in [2.75, 3.05) is 5.32 Å². The fourth-order valence-electron chi connectivity index (χ4n) is 1.81. The van der Waals surface area contributed by atoms with Gasteiger partial charge in [-0.05, 0) is 40.2 Å². The number of nitrogens with zero attached hydrogens (tertiary/aromatic N) is 2. The molecule has 0 unspecified atom stereocenters. The Bertz CT molecular complexity index is 755. The molecular weight excluding hydrogens is 322 g/mol. The molecule has 1 amide bonds. The Hall–Kier alpha value is -2.34. The van der Waals surface area contributed by atoms with Crippen LogP contribution in [0.15, 0.2) is 59.5 Å². The Morgan fingerprint density at radius 2 is 2.00 bits per heavy atom. The second-order valence-corrected chi connectivity index (χ2v) is 4.83. The average Bonchev–Trinajstić information content (AvgIpc) is 2.93. The minimum absolute atomic E-state index is 0.487. The summed E-state index contributed by atoms with van der Waals surface area (Å²) in [7, 11) is 0. The largest absolute Gasteiger partial charge is 0.417 e. The summed E-state index contributed by atoms with van der Waals surface area (Å²) in [5.41, 5.74) is 1.23. The fraction of sp³-hybridized carbons (Fsp3) is 0. The number of hydrogen-bond acceptors (Lipinski definition) is 3. The SMILES string of the molecule is O=C(Nc1ccc(Br)n2ccnc12)Oc1ccccc1. The van der Waals surface area contributed by atoms with Crippen molar-refractivity contribution < 1.29 is 9.53 Å². The lowest BCUT2D eigenvalue weighted by molar-refractivity contribution is 0.215. The molecule has 20 heavy (non-hydrogen) atoms. The van der Waals surface area contributed by atoms with Crippen LogP contribution in [0.25, 0.3) is 5.65 Å². The summed E-state index contributed by atoms with van der Waals surface area (Å²) in [6, 6.07) is 12.5. The van der Waals surface area contributed by atoms with Crippen molar-refractivity contribution in [2.45, 2.75) is 0 Å². The van der Waals surface area contributed by atoms with Gasteiger partial charge in [-0.25, -0.2) is 9.78 Å². The number of anilines is 1. The molecule has 2 heterocycles. The van der Waals surface area contributed by atoms with E-state index in [4.69, 9.17) is 4.74 Å². The van der Waals surface area contributed by atoms with E-state index in [0.29, 0.717) is 17.1 Å². The number of benzene rings is 1. The zero-order valence-electron chi connectivity index (χ0n) is 10.3. The van der Waals surface area contributed by atoms with Gasteiger partial charge in [0.15, 0.2) is 5.65 Å². The summed E-state index contributed by atoms with van der Waals surface area (Å²) in [4.78, 5) is 16.1. The molecule has 2 aromatic heterocycles. The van der Waals surface area contributed by atoms with E-state index in [-0.39, 0.29) is 0 Å². The Balaban J connectivity index is 1.81. The van der Waals surface area contributed by atoms with Crippen LogP contribution in [-0.4, -0.2) is 15.5 Å². The lowest BCUT2D eigenvalue weighted by Gasteiger charge is -2.08. The molecule has 1 aromatic carbocycles. The van der Waals surface area contributed by atoms with Gasteiger partial charge in [0.2, 0.25) is 0 Å². The Morgan fingerprint density at radius 3 is 2.80 bits per heavy atom. The number of carbonyl (C=O) groups is 1. The number of fused-ring (bicyclic) bond motifs is 1. The van der Waals surface area contributed by atoms with Gasteiger partial charge in [0.05, 0.1) is 10.3 Å². The Labute approximate surface area is 123 Å². The maximum Gasteiger partial charge on any atom is 0.417 e. The highest BCUT2D eigenvalue weighted by molar-refractivity contribution is 9.10. The van der Waals surface area contributed by atoms with E-state index in [1.54, 1.807) is 42.7 Å². The molecule has 0 fully saturated rings. The van der Waals surface area contributed by atoms with Crippen molar-refractivity contribution >= 4 is 33.4 Å². The monoisotopic (exact) mass is 331 g/mol. The number of amides is 1. The zero-order chi connectivity index (χ0) is 13.9. The highest BCUT2D eigenvalue weighted by Crippen LogP contribution is 2.21. The van der Waals surface area contributed by atoms with Gasteiger partial charge in [0.25, 0.3) is 0 Å². The van der Waals surface area contributed by atoms with E-state index < -0.39 is 6.09 Å². The smallest absolute Gasteiger partial charge is 0.410 e. The molecule has 0 aliphatic heterocycles. The van der Waals surface area contributed by atoms with Crippen LogP contribution in [0.4, 0.5) is 10.5 Å². The summed E-state index contributed by atoms with van der Waals surface area (Å²) in [6.07, 6.45) is 2.91.